The van der Waals surface area contributed by atoms with Crippen LogP contribution in [0.4, 0.5) is 18.9 Å². The molecule has 1 aromatic rings. The van der Waals surface area contributed by atoms with Crippen molar-refractivity contribution >= 4 is 11.6 Å². The lowest BCUT2D eigenvalue weighted by Crippen LogP contribution is -2.43. The van der Waals surface area contributed by atoms with Crippen molar-refractivity contribution in [3.05, 3.63) is 36.0 Å². The second-order valence-electron chi connectivity index (χ2n) is 5.14. The fourth-order valence-corrected chi connectivity index (χ4v) is 1.89. The van der Waals surface area contributed by atoms with Crippen LogP contribution < -0.4 is 5.32 Å². The molecule has 2 rings (SSSR count). The van der Waals surface area contributed by atoms with E-state index >= 15 is 0 Å². The Bertz CT molecular complexity index is 702. The minimum atomic E-state index is -4.81. The summed E-state index contributed by atoms with van der Waals surface area (Å²) in [5, 5.41) is 20.9. The number of hydrogen-bond acceptors (Lipinski definition) is 6. The number of nitrogens with one attached hydrogen (secondary N) is 1. The fourth-order valence-electron chi connectivity index (χ4n) is 1.89. The number of nitriles is 1. The highest BCUT2D eigenvalue weighted by Gasteiger charge is 2.37. The molecule has 0 aliphatic carbocycles. The predicted octanol–water partition coefficient (Wildman–Crippen LogP) is 1.90. The van der Waals surface area contributed by atoms with Gasteiger partial charge in [-0.25, -0.2) is 4.98 Å². The van der Waals surface area contributed by atoms with Gasteiger partial charge in [-0.3, -0.25) is 4.79 Å². The molecule has 1 atom stereocenters. The quantitative estimate of drug-likeness (QED) is 0.865. The van der Waals surface area contributed by atoms with Crippen molar-refractivity contribution in [2.75, 3.05) is 5.32 Å². The first-order valence-electron chi connectivity index (χ1n) is 6.60. The number of carbonyl (C=O) groups is 1. The molecular formula is C14H12F3N3O4. The van der Waals surface area contributed by atoms with E-state index in [4.69, 9.17) is 14.7 Å². The number of nitrogens with zero attached hydrogens (tertiary/aromatic N) is 2. The molecule has 0 saturated heterocycles. The zero-order valence-corrected chi connectivity index (χ0v) is 12.3. The van der Waals surface area contributed by atoms with E-state index in [2.05, 4.69) is 10.3 Å². The zero-order valence-electron chi connectivity index (χ0n) is 12.3. The fraction of sp³-hybridized carbons (Fsp3) is 0.357. The molecule has 0 saturated carbocycles. The topological polar surface area (TPSA) is 104 Å². The van der Waals surface area contributed by atoms with Gasteiger partial charge in [0.2, 0.25) is 6.29 Å². The van der Waals surface area contributed by atoms with Crippen LogP contribution in [0.5, 0.6) is 0 Å². The number of halogens is 3. The monoisotopic (exact) mass is 343 g/mol. The van der Waals surface area contributed by atoms with Crippen LogP contribution >= 0.6 is 0 Å². The van der Waals surface area contributed by atoms with Crippen LogP contribution in [0.2, 0.25) is 0 Å². The van der Waals surface area contributed by atoms with Gasteiger partial charge in [-0.2, -0.15) is 18.4 Å². The van der Waals surface area contributed by atoms with Crippen LogP contribution in [-0.4, -0.2) is 27.9 Å². The van der Waals surface area contributed by atoms with Crippen LogP contribution in [0, 0.1) is 11.3 Å². The summed E-state index contributed by atoms with van der Waals surface area (Å²) in [6.07, 6.45) is -2.57. The van der Waals surface area contributed by atoms with Crippen molar-refractivity contribution in [3.63, 3.8) is 0 Å². The van der Waals surface area contributed by atoms with Crippen molar-refractivity contribution in [1.82, 2.24) is 4.98 Å². The molecule has 1 aromatic heterocycles. The van der Waals surface area contributed by atoms with Crippen LogP contribution in [0.25, 0.3) is 0 Å². The molecule has 1 aliphatic rings. The molecule has 24 heavy (non-hydrogen) atoms. The van der Waals surface area contributed by atoms with Gasteiger partial charge in [0, 0.05) is 0 Å². The smallest absolute Gasteiger partial charge is 0.419 e. The first-order chi connectivity index (χ1) is 11.1. The van der Waals surface area contributed by atoms with E-state index in [-0.39, 0.29) is 12.1 Å². The van der Waals surface area contributed by atoms with Gasteiger partial charge < -0.3 is 19.9 Å². The summed E-state index contributed by atoms with van der Waals surface area (Å²) in [6.45, 7) is 1.16. The number of rotatable bonds is 4. The van der Waals surface area contributed by atoms with Crippen molar-refractivity contribution in [3.8, 4) is 6.07 Å². The Balaban J connectivity index is 2.15. The van der Waals surface area contributed by atoms with E-state index in [1.807, 2.05) is 0 Å². The molecule has 0 aromatic carbocycles. The molecule has 2 heterocycles. The number of alkyl halides is 3. The molecule has 0 fully saturated rings. The number of ether oxygens (including phenoxy) is 2. The molecule has 2 N–H and O–H groups in total. The number of carbonyl (C=O) groups excluding carboxylic acids is 1. The van der Waals surface area contributed by atoms with Gasteiger partial charge in [-0.15, -0.1) is 0 Å². The standard InChI is InChI=1S/C14H12F3N3O4/c1-13(22,5-11-23-2-3-24-11)12(21)20-8-4-9(14(15,16)17)10(6-18)19-7-8/h2-4,7,11,22H,5H2,1H3,(H,20,21). The summed E-state index contributed by atoms with van der Waals surface area (Å²) in [6, 6.07) is 1.90. The first-order valence-corrected chi connectivity index (χ1v) is 6.60. The van der Waals surface area contributed by atoms with E-state index < -0.39 is 35.2 Å². The van der Waals surface area contributed by atoms with Crippen molar-refractivity contribution in [2.45, 2.75) is 31.4 Å². The van der Waals surface area contributed by atoms with Crippen molar-refractivity contribution in [2.24, 2.45) is 0 Å². The van der Waals surface area contributed by atoms with Gasteiger partial charge in [-0.1, -0.05) is 0 Å². The van der Waals surface area contributed by atoms with E-state index in [1.54, 1.807) is 0 Å². The number of aromatic nitrogens is 1. The van der Waals surface area contributed by atoms with Gasteiger partial charge in [0.25, 0.3) is 5.91 Å². The van der Waals surface area contributed by atoms with E-state index in [0.717, 1.165) is 13.1 Å². The second kappa shape index (κ2) is 6.37. The summed E-state index contributed by atoms with van der Waals surface area (Å²) >= 11 is 0. The van der Waals surface area contributed by atoms with Gasteiger partial charge in [0.1, 0.15) is 24.2 Å². The Hall–Kier alpha value is -2.80. The second-order valence-corrected chi connectivity index (χ2v) is 5.14. The number of anilines is 1. The maximum Gasteiger partial charge on any atom is 0.419 e. The highest BCUT2D eigenvalue weighted by Crippen LogP contribution is 2.32. The zero-order chi connectivity index (χ0) is 18.0. The highest BCUT2D eigenvalue weighted by molar-refractivity contribution is 5.96. The Morgan fingerprint density at radius 1 is 1.46 bits per heavy atom. The maximum absolute atomic E-state index is 12.9. The summed E-state index contributed by atoms with van der Waals surface area (Å²) < 4.78 is 48.5. The molecule has 128 valence electrons. The van der Waals surface area contributed by atoms with Crippen molar-refractivity contribution < 1.29 is 32.5 Å². The van der Waals surface area contributed by atoms with Crippen LogP contribution in [-0.2, 0) is 20.4 Å². The van der Waals surface area contributed by atoms with E-state index in [1.165, 1.54) is 18.6 Å². The minimum Gasteiger partial charge on any atom is -0.459 e. The maximum atomic E-state index is 12.9. The van der Waals surface area contributed by atoms with E-state index in [0.29, 0.717) is 6.07 Å². The van der Waals surface area contributed by atoms with Crippen LogP contribution in [0.3, 0.4) is 0 Å². The average Bonchev–Trinajstić information content (AvgIpc) is 2.98. The van der Waals surface area contributed by atoms with Crippen LogP contribution in [0.1, 0.15) is 24.6 Å². The Labute approximate surface area is 134 Å². The third-order valence-corrected chi connectivity index (χ3v) is 3.13. The third-order valence-electron chi connectivity index (χ3n) is 3.13. The largest absolute Gasteiger partial charge is 0.459 e. The summed E-state index contributed by atoms with van der Waals surface area (Å²) in [5.74, 6) is -0.971. The Morgan fingerprint density at radius 2 is 2.08 bits per heavy atom. The number of amides is 1. The SMILES string of the molecule is CC(O)(CC1OC=CO1)C(=O)Nc1cnc(C#N)c(C(F)(F)F)c1. The van der Waals surface area contributed by atoms with E-state index in [9.17, 15) is 23.1 Å². The summed E-state index contributed by atoms with van der Waals surface area (Å²) in [5.41, 5.74) is -4.37. The predicted molar refractivity (Wildman–Crippen MR) is 72.9 cm³/mol. The molecule has 0 spiro atoms. The lowest BCUT2D eigenvalue weighted by molar-refractivity contribution is -0.142. The normalized spacial score (nSPS) is 16.7. The highest BCUT2D eigenvalue weighted by atomic mass is 19.4. The Morgan fingerprint density at radius 3 is 2.62 bits per heavy atom. The molecule has 0 radical (unpaired) electrons. The van der Waals surface area contributed by atoms with Gasteiger partial charge in [-0.05, 0) is 13.0 Å². The minimum absolute atomic E-state index is 0.248. The molecular weight excluding hydrogens is 331 g/mol. The number of hydrogen-bond donors (Lipinski definition) is 2. The Kier molecular flexibility index (Phi) is 4.66. The average molecular weight is 343 g/mol. The molecule has 1 amide bonds. The first kappa shape index (κ1) is 17.6. The molecule has 7 nitrogen and oxygen atoms in total. The summed E-state index contributed by atoms with van der Waals surface area (Å²) in [7, 11) is 0. The van der Waals surface area contributed by atoms with Crippen LogP contribution in [0.15, 0.2) is 24.8 Å². The lowest BCUT2D eigenvalue weighted by Gasteiger charge is -2.24. The molecule has 1 unspecified atom stereocenters. The van der Waals surface area contributed by atoms with Gasteiger partial charge in [0.15, 0.2) is 5.69 Å². The number of aliphatic hydroxyl groups is 1. The molecule has 10 heteroatoms. The van der Waals surface area contributed by atoms with Gasteiger partial charge in [0.05, 0.1) is 23.9 Å². The van der Waals surface area contributed by atoms with Crippen molar-refractivity contribution in [1.29, 1.82) is 5.26 Å². The molecule has 0 bridgehead atoms. The molecule has 1 aliphatic heterocycles. The third kappa shape index (κ3) is 3.94. The van der Waals surface area contributed by atoms with Gasteiger partial charge >= 0.3 is 6.18 Å². The lowest BCUT2D eigenvalue weighted by atomic mass is 10.0. The summed E-state index contributed by atoms with van der Waals surface area (Å²) in [4.78, 5) is 15.4. The number of pyridine rings is 1.